The second-order valence-electron chi connectivity index (χ2n) is 6.22. The van der Waals surface area contributed by atoms with Crippen LogP contribution >= 0.6 is 24.8 Å². The Kier molecular flexibility index (Phi) is 9.02. The minimum absolute atomic E-state index is 0. The molecule has 2 saturated heterocycles. The molecule has 24 heavy (non-hydrogen) atoms. The Morgan fingerprint density at radius 2 is 2.08 bits per heavy atom. The molecule has 0 aliphatic carbocycles. The molecule has 1 amide bonds. The third-order valence-corrected chi connectivity index (χ3v) is 4.50. The second-order valence-corrected chi connectivity index (χ2v) is 6.22. The molecule has 1 atom stereocenters. The van der Waals surface area contributed by atoms with Crippen LogP contribution in [0.3, 0.4) is 0 Å². The maximum Gasteiger partial charge on any atom is 0.228 e. The number of carbonyl (C=O) groups is 1. The fourth-order valence-electron chi connectivity index (χ4n) is 3.03. The second kappa shape index (κ2) is 10.2. The van der Waals surface area contributed by atoms with E-state index in [4.69, 9.17) is 4.74 Å². The molecule has 1 aromatic carbocycles. The number of amides is 1. The van der Waals surface area contributed by atoms with E-state index in [0.29, 0.717) is 0 Å². The Labute approximate surface area is 156 Å². The normalized spacial score (nSPS) is 20.8. The largest absolute Gasteiger partial charge is 0.379 e. The fourth-order valence-corrected chi connectivity index (χ4v) is 3.03. The predicted octanol–water partition coefficient (Wildman–Crippen LogP) is 2.22. The maximum atomic E-state index is 12.3. The van der Waals surface area contributed by atoms with Crippen LogP contribution in [0.4, 0.5) is 5.69 Å². The molecule has 0 saturated carbocycles. The van der Waals surface area contributed by atoms with Gasteiger partial charge in [-0.1, -0.05) is 12.1 Å². The molecule has 2 fully saturated rings. The number of benzene rings is 1. The molecule has 0 radical (unpaired) electrons. The molecule has 0 spiro atoms. The summed E-state index contributed by atoms with van der Waals surface area (Å²) in [6.45, 7) is 8.26. The highest BCUT2D eigenvalue weighted by molar-refractivity contribution is 5.93. The molecule has 2 N–H and O–H groups in total. The summed E-state index contributed by atoms with van der Waals surface area (Å²) in [6.07, 6.45) is 0.929. The van der Waals surface area contributed by atoms with Crippen molar-refractivity contribution in [1.29, 1.82) is 0 Å². The third kappa shape index (κ3) is 5.60. The first kappa shape index (κ1) is 21.2. The lowest BCUT2D eigenvalue weighted by Crippen LogP contribution is -2.35. The summed E-state index contributed by atoms with van der Waals surface area (Å²) in [5.74, 6) is 0.235. The molecule has 1 aromatic rings. The van der Waals surface area contributed by atoms with Crippen molar-refractivity contribution in [1.82, 2.24) is 10.2 Å². The van der Waals surface area contributed by atoms with Crippen molar-refractivity contribution in [2.75, 3.05) is 44.7 Å². The van der Waals surface area contributed by atoms with Crippen molar-refractivity contribution in [2.24, 2.45) is 5.92 Å². The zero-order chi connectivity index (χ0) is 15.4. The van der Waals surface area contributed by atoms with Gasteiger partial charge in [-0.15, -0.1) is 24.8 Å². The SMILES string of the molecule is Cc1ccc(CN2CCOCC2)cc1NC(=O)C1CCNC1.Cl.Cl. The van der Waals surface area contributed by atoms with Crippen LogP contribution < -0.4 is 10.6 Å². The minimum Gasteiger partial charge on any atom is -0.379 e. The molecule has 3 rings (SSSR count). The summed E-state index contributed by atoms with van der Waals surface area (Å²) < 4.78 is 5.39. The highest BCUT2D eigenvalue weighted by Gasteiger charge is 2.22. The molecule has 2 aliphatic rings. The van der Waals surface area contributed by atoms with E-state index in [1.807, 2.05) is 6.92 Å². The van der Waals surface area contributed by atoms with Gasteiger partial charge in [-0.3, -0.25) is 9.69 Å². The van der Waals surface area contributed by atoms with Crippen molar-refractivity contribution < 1.29 is 9.53 Å². The third-order valence-electron chi connectivity index (χ3n) is 4.50. The van der Waals surface area contributed by atoms with Crippen molar-refractivity contribution in [3.8, 4) is 0 Å². The van der Waals surface area contributed by atoms with E-state index in [1.54, 1.807) is 0 Å². The van der Waals surface area contributed by atoms with E-state index in [-0.39, 0.29) is 36.6 Å². The monoisotopic (exact) mass is 375 g/mol. The van der Waals surface area contributed by atoms with Gasteiger partial charge in [-0.2, -0.15) is 0 Å². The van der Waals surface area contributed by atoms with Crippen molar-refractivity contribution in [2.45, 2.75) is 19.9 Å². The van der Waals surface area contributed by atoms with Gasteiger partial charge in [0.25, 0.3) is 0 Å². The lowest BCUT2D eigenvalue weighted by atomic mass is 10.1. The number of hydrogen-bond donors (Lipinski definition) is 2. The zero-order valence-corrected chi connectivity index (χ0v) is 15.7. The number of halogens is 2. The molecular weight excluding hydrogens is 349 g/mol. The summed E-state index contributed by atoms with van der Waals surface area (Å²) in [5, 5.41) is 6.35. The van der Waals surface area contributed by atoms with Crippen LogP contribution in [0.5, 0.6) is 0 Å². The Morgan fingerprint density at radius 3 is 2.75 bits per heavy atom. The lowest BCUT2D eigenvalue weighted by Gasteiger charge is -2.26. The van der Waals surface area contributed by atoms with Gasteiger partial charge in [0.1, 0.15) is 0 Å². The van der Waals surface area contributed by atoms with E-state index in [9.17, 15) is 4.79 Å². The molecular formula is C17H27Cl2N3O2. The summed E-state index contributed by atoms with van der Waals surface area (Å²) >= 11 is 0. The van der Waals surface area contributed by atoms with Gasteiger partial charge in [0.2, 0.25) is 5.91 Å². The van der Waals surface area contributed by atoms with Gasteiger partial charge >= 0.3 is 0 Å². The number of hydrogen-bond acceptors (Lipinski definition) is 4. The topological polar surface area (TPSA) is 53.6 Å². The maximum absolute atomic E-state index is 12.3. The van der Waals surface area contributed by atoms with E-state index in [0.717, 1.165) is 63.6 Å². The molecule has 7 heteroatoms. The summed E-state index contributed by atoms with van der Waals surface area (Å²) in [4.78, 5) is 14.7. The zero-order valence-electron chi connectivity index (χ0n) is 14.0. The number of aryl methyl sites for hydroxylation is 1. The van der Waals surface area contributed by atoms with Crippen LogP contribution in [0, 0.1) is 12.8 Å². The fraction of sp³-hybridized carbons (Fsp3) is 0.588. The molecule has 5 nitrogen and oxygen atoms in total. The molecule has 136 valence electrons. The lowest BCUT2D eigenvalue weighted by molar-refractivity contribution is -0.119. The summed E-state index contributed by atoms with van der Waals surface area (Å²) in [5.41, 5.74) is 3.31. The minimum atomic E-state index is 0. The highest BCUT2D eigenvalue weighted by atomic mass is 35.5. The van der Waals surface area contributed by atoms with Crippen LogP contribution in [0.2, 0.25) is 0 Å². The summed E-state index contributed by atoms with van der Waals surface area (Å²) in [6, 6.07) is 6.36. The van der Waals surface area contributed by atoms with Gasteiger partial charge in [-0.05, 0) is 37.1 Å². The number of rotatable bonds is 4. The molecule has 0 aromatic heterocycles. The number of carbonyl (C=O) groups excluding carboxylic acids is 1. The Hall–Kier alpha value is -0.850. The van der Waals surface area contributed by atoms with E-state index < -0.39 is 0 Å². The average Bonchev–Trinajstić information content (AvgIpc) is 3.06. The first-order valence-electron chi connectivity index (χ1n) is 8.13. The number of nitrogens with one attached hydrogen (secondary N) is 2. The van der Waals surface area contributed by atoms with Gasteiger partial charge in [0.05, 0.1) is 19.1 Å². The van der Waals surface area contributed by atoms with Gasteiger partial charge in [0.15, 0.2) is 0 Å². The number of ether oxygens (including phenoxy) is 1. The summed E-state index contributed by atoms with van der Waals surface area (Å²) in [7, 11) is 0. The Morgan fingerprint density at radius 1 is 1.33 bits per heavy atom. The predicted molar refractivity (Wildman–Crippen MR) is 101 cm³/mol. The van der Waals surface area contributed by atoms with Crippen LogP contribution in [0.15, 0.2) is 18.2 Å². The molecule has 2 heterocycles. The van der Waals surface area contributed by atoms with E-state index in [2.05, 4.69) is 33.7 Å². The first-order valence-corrected chi connectivity index (χ1v) is 8.13. The Bertz CT molecular complexity index is 531. The molecule has 0 bridgehead atoms. The van der Waals surface area contributed by atoms with Crippen LogP contribution in [-0.4, -0.2) is 50.2 Å². The smallest absolute Gasteiger partial charge is 0.228 e. The van der Waals surface area contributed by atoms with Crippen molar-refractivity contribution in [3.05, 3.63) is 29.3 Å². The van der Waals surface area contributed by atoms with Crippen molar-refractivity contribution in [3.63, 3.8) is 0 Å². The quantitative estimate of drug-likeness (QED) is 0.846. The molecule has 1 unspecified atom stereocenters. The molecule has 2 aliphatic heterocycles. The Balaban J connectivity index is 0.00000144. The van der Waals surface area contributed by atoms with Crippen LogP contribution in [0.25, 0.3) is 0 Å². The standard InChI is InChI=1S/C17H25N3O2.2ClH/c1-13-2-3-14(12-20-6-8-22-9-7-20)10-16(13)19-17(21)15-4-5-18-11-15;;/h2-3,10,15,18H,4-9,11-12H2,1H3,(H,19,21);2*1H. The van der Waals surface area contributed by atoms with E-state index >= 15 is 0 Å². The van der Waals surface area contributed by atoms with Crippen LogP contribution in [0.1, 0.15) is 17.5 Å². The van der Waals surface area contributed by atoms with E-state index in [1.165, 1.54) is 5.56 Å². The van der Waals surface area contributed by atoms with Gasteiger partial charge in [0, 0.05) is 31.9 Å². The first-order chi connectivity index (χ1) is 10.7. The van der Waals surface area contributed by atoms with Crippen molar-refractivity contribution >= 4 is 36.4 Å². The average molecular weight is 376 g/mol. The van der Waals surface area contributed by atoms with Gasteiger partial charge in [-0.25, -0.2) is 0 Å². The highest BCUT2D eigenvalue weighted by Crippen LogP contribution is 2.20. The van der Waals surface area contributed by atoms with Gasteiger partial charge < -0.3 is 15.4 Å². The number of morpholine rings is 1. The van der Waals surface area contributed by atoms with Crippen LogP contribution in [-0.2, 0) is 16.1 Å². The number of nitrogens with zero attached hydrogens (tertiary/aromatic N) is 1. The number of anilines is 1.